The van der Waals surface area contributed by atoms with Crippen molar-refractivity contribution in [3.8, 4) is 0 Å². The number of hydrogen-bond donors (Lipinski definition) is 1. The second kappa shape index (κ2) is 7.45. The van der Waals surface area contributed by atoms with Crippen molar-refractivity contribution in [3.63, 3.8) is 0 Å². The van der Waals surface area contributed by atoms with Crippen molar-refractivity contribution in [3.05, 3.63) is 59.1 Å². The minimum absolute atomic E-state index is 0.264. The topological polar surface area (TPSA) is 63.2 Å². The Morgan fingerprint density at radius 3 is 2.08 bits per heavy atom. The van der Waals surface area contributed by atoms with Crippen LogP contribution in [-0.2, 0) is 20.8 Å². The SMILES string of the molecule is O=C(CCS(=O)(=O)c1ccc(C(F)(F)F)cc1)Nc1ccc(Cl)cc1. The standard InChI is InChI=1S/C16H13ClF3NO3S/c17-12-3-5-13(6-4-12)21-15(22)9-10-25(23,24)14-7-1-11(2-8-14)16(18,19)20/h1-8H,9-10H2,(H,21,22). The lowest BCUT2D eigenvalue weighted by atomic mass is 10.2. The Morgan fingerprint density at radius 1 is 1.00 bits per heavy atom. The largest absolute Gasteiger partial charge is 0.416 e. The molecule has 0 aromatic heterocycles. The second-order valence-corrected chi connectivity index (χ2v) is 7.69. The molecule has 134 valence electrons. The molecule has 0 heterocycles. The van der Waals surface area contributed by atoms with Crippen molar-refractivity contribution in [2.45, 2.75) is 17.5 Å². The molecule has 2 rings (SSSR count). The van der Waals surface area contributed by atoms with Gasteiger partial charge in [-0.2, -0.15) is 13.2 Å². The van der Waals surface area contributed by atoms with Crippen LogP contribution in [0.25, 0.3) is 0 Å². The van der Waals surface area contributed by atoms with Crippen LogP contribution in [0.4, 0.5) is 18.9 Å². The average Bonchev–Trinajstić information content (AvgIpc) is 2.55. The first-order chi connectivity index (χ1) is 11.6. The molecule has 9 heteroatoms. The zero-order valence-electron chi connectivity index (χ0n) is 12.7. The molecule has 0 bridgehead atoms. The Balaban J connectivity index is 1.98. The van der Waals surface area contributed by atoms with Crippen LogP contribution in [0.15, 0.2) is 53.4 Å². The normalized spacial score (nSPS) is 12.0. The number of nitrogens with one attached hydrogen (secondary N) is 1. The van der Waals surface area contributed by atoms with Gasteiger partial charge in [0.1, 0.15) is 0 Å². The van der Waals surface area contributed by atoms with Crippen molar-refractivity contribution in [1.82, 2.24) is 0 Å². The monoisotopic (exact) mass is 391 g/mol. The van der Waals surface area contributed by atoms with Gasteiger partial charge in [-0.15, -0.1) is 0 Å². The fourth-order valence-electron chi connectivity index (χ4n) is 1.95. The van der Waals surface area contributed by atoms with E-state index in [1.165, 1.54) is 0 Å². The van der Waals surface area contributed by atoms with E-state index < -0.39 is 33.2 Å². The van der Waals surface area contributed by atoms with E-state index in [0.717, 1.165) is 12.1 Å². The summed E-state index contributed by atoms with van der Waals surface area (Å²) in [7, 11) is -3.87. The van der Waals surface area contributed by atoms with Gasteiger partial charge in [0.15, 0.2) is 9.84 Å². The number of amides is 1. The molecule has 0 atom stereocenters. The van der Waals surface area contributed by atoms with Crippen LogP contribution < -0.4 is 5.32 Å². The maximum atomic E-state index is 12.5. The third kappa shape index (κ3) is 5.47. The fourth-order valence-corrected chi connectivity index (χ4v) is 3.32. The Labute approximate surface area is 147 Å². The zero-order valence-corrected chi connectivity index (χ0v) is 14.3. The molecular formula is C16H13ClF3NO3S. The first kappa shape index (κ1) is 19.3. The summed E-state index contributed by atoms with van der Waals surface area (Å²) in [5, 5.41) is 3.00. The van der Waals surface area contributed by atoms with Crippen molar-refractivity contribution in [1.29, 1.82) is 0 Å². The molecule has 2 aromatic rings. The van der Waals surface area contributed by atoms with Crippen molar-refractivity contribution < 1.29 is 26.4 Å². The molecule has 0 spiro atoms. The Morgan fingerprint density at radius 2 is 1.56 bits per heavy atom. The van der Waals surface area contributed by atoms with E-state index in [4.69, 9.17) is 11.6 Å². The summed E-state index contributed by atoms with van der Waals surface area (Å²) in [4.78, 5) is 11.5. The van der Waals surface area contributed by atoms with Gasteiger partial charge in [-0.1, -0.05) is 11.6 Å². The maximum Gasteiger partial charge on any atom is 0.416 e. The number of halogens is 4. The van der Waals surface area contributed by atoms with E-state index in [9.17, 15) is 26.4 Å². The smallest absolute Gasteiger partial charge is 0.326 e. The van der Waals surface area contributed by atoms with Gasteiger partial charge in [-0.3, -0.25) is 4.79 Å². The number of carbonyl (C=O) groups excluding carboxylic acids is 1. The Hall–Kier alpha value is -2.06. The van der Waals surface area contributed by atoms with E-state index in [1.807, 2.05) is 0 Å². The number of carbonyl (C=O) groups is 1. The summed E-state index contributed by atoms with van der Waals surface area (Å²) in [6.45, 7) is 0. The number of rotatable bonds is 5. The third-order valence-corrected chi connectivity index (χ3v) is 5.25. The molecule has 0 unspecified atom stereocenters. The summed E-state index contributed by atoms with van der Waals surface area (Å²) in [6.07, 6.45) is -4.87. The molecule has 0 aliphatic rings. The highest BCUT2D eigenvalue weighted by molar-refractivity contribution is 7.91. The number of benzene rings is 2. The van der Waals surface area contributed by atoms with Gasteiger partial charge in [0.05, 0.1) is 16.2 Å². The minimum atomic E-state index is -4.54. The predicted molar refractivity (Wildman–Crippen MR) is 88.2 cm³/mol. The quantitative estimate of drug-likeness (QED) is 0.832. The van der Waals surface area contributed by atoms with E-state index in [0.29, 0.717) is 22.8 Å². The molecule has 0 radical (unpaired) electrons. The molecule has 1 N–H and O–H groups in total. The lowest BCUT2D eigenvalue weighted by Gasteiger charge is -2.09. The summed E-state index contributed by atoms with van der Waals surface area (Å²) in [5.41, 5.74) is -0.478. The maximum absolute atomic E-state index is 12.5. The number of alkyl halides is 3. The van der Waals surface area contributed by atoms with Crippen LogP contribution in [0.1, 0.15) is 12.0 Å². The van der Waals surface area contributed by atoms with Crippen LogP contribution >= 0.6 is 11.6 Å². The third-order valence-electron chi connectivity index (χ3n) is 3.27. The van der Waals surface area contributed by atoms with Gasteiger partial charge >= 0.3 is 6.18 Å². The first-order valence-electron chi connectivity index (χ1n) is 7.03. The van der Waals surface area contributed by atoms with Gasteiger partial charge in [0, 0.05) is 17.1 Å². The zero-order chi connectivity index (χ0) is 18.7. The van der Waals surface area contributed by atoms with E-state index in [1.54, 1.807) is 24.3 Å². The summed E-state index contributed by atoms with van der Waals surface area (Å²) >= 11 is 5.71. The molecule has 0 aliphatic carbocycles. The van der Waals surface area contributed by atoms with E-state index in [2.05, 4.69) is 5.32 Å². The number of anilines is 1. The molecule has 4 nitrogen and oxygen atoms in total. The fraction of sp³-hybridized carbons (Fsp3) is 0.188. The molecule has 0 saturated carbocycles. The molecule has 2 aromatic carbocycles. The Kier molecular flexibility index (Phi) is 5.74. The predicted octanol–water partition coefficient (Wildman–Crippen LogP) is 4.16. The van der Waals surface area contributed by atoms with Crippen LogP contribution in [0.2, 0.25) is 5.02 Å². The summed E-state index contributed by atoms with van der Waals surface area (Å²) in [6, 6.07) is 9.41. The van der Waals surface area contributed by atoms with Crippen LogP contribution in [0, 0.1) is 0 Å². The first-order valence-corrected chi connectivity index (χ1v) is 9.06. The number of hydrogen-bond acceptors (Lipinski definition) is 3. The lowest BCUT2D eigenvalue weighted by Crippen LogP contribution is -2.17. The van der Waals surface area contributed by atoms with Gasteiger partial charge in [-0.05, 0) is 48.5 Å². The number of sulfone groups is 1. The van der Waals surface area contributed by atoms with Crippen molar-refractivity contribution in [2.75, 3.05) is 11.1 Å². The van der Waals surface area contributed by atoms with Gasteiger partial charge in [0.25, 0.3) is 0 Å². The lowest BCUT2D eigenvalue weighted by molar-refractivity contribution is -0.137. The van der Waals surface area contributed by atoms with Gasteiger partial charge < -0.3 is 5.32 Å². The Bertz CT molecular complexity index is 848. The molecular weight excluding hydrogens is 379 g/mol. The van der Waals surface area contributed by atoms with Crippen molar-refractivity contribution in [2.24, 2.45) is 0 Å². The van der Waals surface area contributed by atoms with E-state index >= 15 is 0 Å². The highest BCUT2D eigenvalue weighted by Gasteiger charge is 2.30. The molecule has 1 amide bonds. The summed E-state index contributed by atoms with van der Waals surface area (Å²) < 4.78 is 61.7. The van der Waals surface area contributed by atoms with Crippen LogP contribution in [0.3, 0.4) is 0 Å². The van der Waals surface area contributed by atoms with Crippen LogP contribution in [-0.4, -0.2) is 20.1 Å². The average molecular weight is 392 g/mol. The van der Waals surface area contributed by atoms with Gasteiger partial charge in [-0.25, -0.2) is 8.42 Å². The molecule has 25 heavy (non-hydrogen) atoms. The second-order valence-electron chi connectivity index (χ2n) is 5.15. The van der Waals surface area contributed by atoms with Gasteiger partial charge in [0.2, 0.25) is 5.91 Å². The van der Waals surface area contributed by atoms with Crippen molar-refractivity contribution >= 4 is 33.0 Å². The highest BCUT2D eigenvalue weighted by atomic mass is 35.5. The molecule has 0 saturated heterocycles. The summed E-state index contributed by atoms with van der Waals surface area (Å²) in [5.74, 6) is -1.05. The van der Waals surface area contributed by atoms with Crippen LogP contribution in [0.5, 0.6) is 0 Å². The minimum Gasteiger partial charge on any atom is -0.326 e. The van der Waals surface area contributed by atoms with E-state index in [-0.39, 0.29) is 11.3 Å². The molecule has 0 fully saturated rings. The highest BCUT2D eigenvalue weighted by Crippen LogP contribution is 2.29. The molecule has 0 aliphatic heterocycles.